The van der Waals surface area contributed by atoms with Gasteiger partial charge in [-0.3, -0.25) is 14.4 Å². The highest BCUT2D eigenvalue weighted by atomic mass is 32.1. The average molecular weight is 708 g/mol. The molecule has 2 aliphatic rings. The SMILES string of the molecule is CC(C)(C)c1ccc(C(=O)C[C@@H](Cc2ccc(-c3ncc(-c4ccc(OCCC5CCCCC5)cc4)cn3)cc2)C(=O)N2CC[C@H](C(=O)O)C2)s1. The summed E-state index contributed by atoms with van der Waals surface area (Å²) >= 11 is 1.48. The summed E-state index contributed by atoms with van der Waals surface area (Å²) in [5, 5.41) is 9.51. The largest absolute Gasteiger partial charge is 0.494 e. The number of carboxylic acid groups (broad SMARTS) is 1. The number of hydrogen-bond donors (Lipinski definition) is 1. The van der Waals surface area contributed by atoms with Gasteiger partial charge in [0, 0.05) is 53.8 Å². The number of benzene rings is 2. The van der Waals surface area contributed by atoms with Gasteiger partial charge in [0.25, 0.3) is 0 Å². The summed E-state index contributed by atoms with van der Waals surface area (Å²) in [7, 11) is 0. The highest BCUT2D eigenvalue weighted by molar-refractivity contribution is 7.14. The number of likely N-dealkylation sites (tertiary alicyclic amines) is 1. The summed E-state index contributed by atoms with van der Waals surface area (Å²) in [6.45, 7) is 7.66. The minimum absolute atomic E-state index is 0.0650. The van der Waals surface area contributed by atoms with Crippen molar-refractivity contribution in [3.63, 3.8) is 0 Å². The van der Waals surface area contributed by atoms with E-state index in [9.17, 15) is 19.5 Å². The lowest BCUT2D eigenvalue weighted by atomic mass is 9.87. The molecule has 1 amide bonds. The smallest absolute Gasteiger partial charge is 0.308 e. The zero-order valence-electron chi connectivity index (χ0n) is 30.0. The number of rotatable bonds is 13. The number of carbonyl (C=O) groups is 3. The monoisotopic (exact) mass is 707 g/mol. The van der Waals surface area contributed by atoms with Crippen molar-refractivity contribution in [1.82, 2.24) is 14.9 Å². The lowest BCUT2D eigenvalue weighted by Crippen LogP contribution is -2.37. The van der Waals surface area contributed by atoms with Crippen LogP contribution in [-0.2, 0) is 21.4 Å². The third-order valence-electron chi connectivity index (χ3n) is 10.3. The standard InChI is InChI=1S/C42H49N3O5S/c1-42(2,3)38-18-17-37(51-38)36(46)24-33(40(47)45-21-19-32(27-45)41(48)49)23-29-9-11-31(12-10-29)39-43-25-34(26-44-39)30-13-15-35(16-14-30)50-22-20-28-7-5-4-6-8-28/h9-18,25-26,28,32-33H,4-8,19-24,27H2,1-3H3,(H,48,49)/t32-,33+/m0/s1. The molecule has 0 radical (unpaired) electrons. The Balaban J connectivity index is 1.09. The van der Waals surface area contributed by atoms with E-state index < -0.39 is 17.8 Å². The zero-order chi connectivity index (χ0) is 36.0. The van der Waals surface area contributed by atoms with Crippen LogP contribution in [0, 0.1) is 17.8 Å². The Morgan fingerprint density at radius 1 is 0.882 bits per heavy atom. The third-order valence-corrected chi connectivity index (χ3v) is 11.9. The molecule has 1 aliphatic heterocycles. The second-order valence-electron chi connectivity index (χ2n) is 15.2. The average Bonchev–Trinajstić information content (AvgIpc) is 3.84. The van der Waals surface area contributed by atoms with Crippen LogP contribution in [0.1, 0.15) is 92.3 Å². The number of ketones is 1. The van der Waals surface area contributed by atoms with Crippen LogP contribution >= 0.6 is 11.3 Å². The van der Waals surface area contributed by atoms with E-state index in [-0.39, 0.29) is 30.1 Å². The fourth-order valence-electron chi connectivity index (χ4n) is 7.15. The second-order valence-corrected chi connectivity index (χ2v) is 16.3. The summed E-state index contributed by atoms with van der Waals surface area (Å²) in [5.74, 6) is -0.00883. The molecule has 2 aromatic heterocycles. The van der Waals surface area contributed by atoms with Crippen molar-refractivity contribution in [1.29, 1.82) is 0 Å². The molecule has 51 heavy (non-hydrogen) atoms. The predicted octanol–water partition coefficient (Wildman–Crippen LogP) is 8.88. The van der Waals surface area contributed by atoms with Crippen molar-refractivity contribution in [3.8, 4) is 28.3 Å². The van der Waals surface area contributed by atoms with Crippen LogP contribution < -0.4 is 4.74 Å². The molecule has 2 fully saturated rings. The van der Waals surface area contributed by atoms with Crippen LogP contribution in [0.15, 0.2) is 73.1 Å². The molecule has 9 heteroatoms. The molecule has 1 saturated carbocycles. The number of thiophene rings is 1. The molecule has 1 saturated heterocycles. The van der Waals surface area contributed by atoms with Gasteiger partial charge in [0.2, 0.25) is 5.91 Å². The Morgan fingerprint density at radius 3 is 2.20 bits per heavy atom. The Hall–Kier alpha value is -4.37. The maximum Gasteiger partial charge on any atom is 0.308 e. The van der Waals surface area contributed by atoms with E-state index in [1.807, 2.05) is 73.1 Å². The number of amides is 1. The van der Waals surface area contributed by atoms with Gasteiger partial charge in [-0.1, -0.05) is 89.3 Å². The fourth-order valence-corrected chi connectivity index (χ4v) is 8.16. The normalized spacial score (nSPS) is 17.3. The number of carboxylic acids is 1. The molecular weight excluding hydrogens is 659 g/mol. The van der Waals surface area contributed by atoms with Crippen LogP contribution in [0.2, 0.25) is 0 Å². The van der Waals surface area contributed by atoms with E-state index in [0.29, 0.717) is 30.1 Å². The maximum atomic E-state index is 13.8. The van der Waals surface area contributed by atoms with E-state index in [1.54, 1.807) is 4.90 Å². The Morgan fingerprint density at radius 2 is 1.57 bits per heavy atom. The summed E-state index contributed by atoms with van der Waals surface area (Å²) in [6, 6.07) is 19.7. The van der Waals surface area contributed by atoms with Crippen LogP contribution in [0.25, 0.3) is 22.5 Å². The van der Waals surface area contributed by atoms with Crippen molar-refractivity contribution >= 4 is 29.0 Å². The second kappa shape index (κ2) is 16.3. The summed E-state index contributed by atoms with van der Waals surface area (Å²) in [4.78, 5) is 51.5. The van der Waals surface area contributed by atoms with E-state index in [0.717, 1.165) is 51.8 Å². The molecule has 3 heterocycles. The Labute approximate surface area is 305 Å². The first-order valence-electron chi connectivity index (χ1n) is 18.3. The van der Waals surface area contributed by atoms with Crippen LogP contribution in [-0.4, -0.2) is 57.3 Å². The molecule has 6 rings (SSSR count). The molecule has 0 unspecified atom stereocenters. The minimum atomic E-state index is -0.889. The van der Waals surface area contributed by atoms with Gasteiger partial charge in [-0.25, -0.2) is 9.97 Å². The molecule has 0 bridgehead atoms. The number of nitrogens with zero attached hydrogens (tertiary/aromatic N) is 3. The van der Waals surface area contributed by atoms with Gasteiger partial charge >= 0.3 is 5.97 Å². The van der Waals surface area contributed by atoms with Gasteiger partial charge in [0.1, 0.15) is 5.75 Å². The molecule has 8 nitrogen and oxygen atoms in total. The van der Waals surface area contributed by atoms with Crippen molar-refractivity contribution in [2.24, 2.45) is 17.8 Å². The molecule has 2 atom stereocenters. The number of aliphatic carboxylic acids is 1. The van der Waals surface area contributed by atoms with Gasteiger partial charge in [0.05, 0.1) is 17.4 Å². The first-order valence-corrected chi connectivity index (χ1v) is 19.1. The van der Waals surface area contributed by atoms with E-state index in [2.05, 4.69) is 30.7 Å². The summed E-state index contributed by atoms with van der Waals surface area (Å²) < 4.78 is 6.02. The van der Waals surface area contributed by atoms with Gasteiger partial charge in [-0.05, 0) is 66.0 Å². The minimum Gasteiger partial charge on any atom is -0.494 e. The lowest BCUT2D eigenvalue weighted by Gasteiger charge is -2.23. The van der Waals surface area contributed by atoms with Gasteiger partial charge in [0.15, 0.2) is 11.6 Å². The molecule has 268 valence electrons. The molecular formula is C42H49N3O5S. The number of hydrogen-bond acceptors (Lipinski definition) is 7. The first-order chi connectivity index (χ1) is 24.5. The van der Waals surface area contributed by atoms with Gasteiger partial charge < -0.3 is 14.7 Å². The highest BCUT2D eigenvalue weighted by Crippen LogP contribution is 2.32. The van der Waals surface area contributed by atoms with Crippen LogP contribution in [0.5, 0.6) is 5.75 Å². The van der Waals surface area contributed by atoms with Crippen LogP contribution in [0.4, 0.5) is 0 Å². The van der Waals surface area contributed by atoms with E-state index in [1.165, 1.54) is 43.4 Å². The zero-order valence-corrected chi connectivity index (χ0v) is 30.8. The molecule has 1 N–H and O–H groups in total. The summed E-state index contributed by atoms with van der Waals surface area (Å²) in [6.07, 6.45) is 12.4. The third kappa shape index (κ3) is 9.50. The van der Waals surface area contributed by atoms with Crippen molar-refractivity contribution in [2.75, 3.05) is 19.7 Å². The van der Waals surface area contributed by atoms with Gasteiger partial charge in [-0.15, -0.1) is 11.3 Å². The highest BCUT2D eigenvalue weighted by Gasteiger charge is 2.35. The predicted molar refractivity (Wildman–Crippen MR) is 201 cm³/mol. The number of carbonyl (C=O) groups excluding carboxylic acids is 2. The Kier molecular flexibility index (Phi) is 11.7. The fraction of sp³-hybridized carbons (Fsp3) is 0.452. The Bertz CT molecular complexity index is 1790. The molecule has 0 spiro atoms. The summed E-state index contributed by atoms with van der Waals surface area (Å²) in [5.41, 5.74) is 3.63. The van der Waals surface area contributed by atoms with Crippen molar-refractivity contribution in [2.45, 2.75) is 84.0 Å². The van der Waals surface area contributed by atoms with Crippen molar-refractivity contribution < 1.29 is 24.2 Å². The number of Topliss-reactive ketones (excluding diaryl/α,β-unsaturated/α-hetero) is 1. The van der Waals surface area contributed by atoms with Crippen molar-refractivity contribution in [3.05, 3.63) is 88.4 Å². The number of aromatic nitrogens is 2. The molecule has 1 aliphatic carbocycles. The maximum absolute atomic E-state index is 13.8. The number of ether oxygens (including phenoxy) is 1. The molecule has 4 aromatic rings. The topological polar surface area (TPSA) is 110 Å². The lowest BCUT2D eigenvalue weighted by molar-refractivity contribution is -0.141. The quantitative estimate of drug-likeness (QED) is 0.138. The van der Waals surface area contributed by atoms with Gasteiger partial charge in [-0.2, -0.15) is 0 Å². The van der Waals surface area contributed by atoms with E-state index in [4.69, 9.17) is 4.74 Å². The van der Waals surface area contributed by atoms with Crippen LogP contribution in [0.3, 0.4) is 0 Å². The first kappa shape index (κ1) is 36.4. The van der Waals surface area contributed by atoms with E-state index >= 15 is 0 Å². The molecule has 2 aromatic carbocycles.